The number of rotatable bonds is 4. The molecule has 4 heteroatoms. The number of nitrogens with two attached hydrogens (primary N) is 1. The predicted octanol–water partition coefficient (Wildman–Crippen LogP) is 2.24. The molecule has 1 saturated heterocycles. The minimum absolute atomic E-state index is 0.0949. The van der Waals surface area contributed by atoms with E-state index < -0.39 is 0 Å². The maximum atomic E-state index is 12.1. The van der Waals surface area contributed by atoms with Crippen molar-refractivity contribution in [1.29, 1.82) is 0 Å². The van der Waals surface area contributed by atoms with E-state index in [1.54, 1.807) is 0 Å². The van der Waals surface area contributed by atoms with Gasteiger partial charge in [-0.05, 0) is 48.5 Å². The smallest absolute Gasteiger partial charge is 0.227 e. The van der Waals surface area contributed by atoms with Gasteiger partial charge in [-0.2, -0.15) is 11.8 Å². The van der Waals surface area contributed by atoms with Crippen LogP contribution in [0.5, 0.6) is 0 Å². The minimum Gasteiger partial charge on any atom is -0.399 e. The van der Waals surface area contributed by atoms with Crippen LogP contribution in [-0.4, -0.2) is 24.0 Å². The number of benzene rings is 1. The van der Waals surface area contributed by atoms with Crippen molar-refractivity contribution in [3.05, 3.63) is 29.8 Å². The number of hydrogen-bond donors (Lipinski definition) is 2. The van der Waals surface area contributed by atoms with Crippen LogP contribution in [0.25, 0.3) is 0 Å². The summed E-state index contributed by atoms with van der Waals surface area (Å²) in [6.07, 6.45) is 1.22. The third kappa shape index (κ3) is 3.42. The van der Waals surface area contributed by atoms with Crippen molar-refractivity contribution in [2.24, 2.45) is 5.92 Å². The van der Waals surface area contributed by atoms with Gasteiger partial charge in [0, 0.05) is 12.2 Å². The normalized spacial score (nSPS) is 20.6. The molecule has 0 radical (unpaired) electrons. The molecule has 1 aromatic rings. The van der Waals surface area contributed by atoms with Crippen molar-refractivity contribution >= 4 is 23.4 Å². The summed E-state index contributed by atoms with van der Waals surface area (Å²) in [6.45, 7) is 2.73. The van der Waals surface area contributed by atoms with Gasteiger partial charge in [0.15, 0.2) is 0 Å². The number of carbonyl (C=O) groups is 1. The first-order chi connectivity index (χ1) is 8.66. The van der Waals surface area contributed by atoms with Crippen LogP contribution < -0.4 is 11.1 Å². The first-order valence-corrected chi connectivity index (χ1v) is 7.53. The van der Waals surface area contributed by atoms with Gasteiger partial charge in [0.2, 0.25) is 5.91 Å². The Morgan fingerprint density at radius 2 is 2.44 bits per heavy atom. The van der Waals surface area contributed by atoms with E-state index in [1.165, 1.54) is 17.9 Å². The molecule has 0 spiro atoms. The number of nitrogen functional groups attached to an aromatic ring is 1. The fourth-order valence-corrected chi connectivity index (χ4v) is 3.41. The van der Waals surface area contributed by atoms with E-state index >= 15 is 0 Å². The molecule has 0 saturated carbocycles. The molecule has 1 aliphatic rings. The van der Waals surface area contributed by atoms with Gasteiger partial charge in [0.1, 0.15) is 0 Å². The molecule has 1 amide bonds. The zero-order valence-electron chi connectivity index (χ0n) is 10.7. The third-order valence-electron chi connectivity index (χ3n) is 3.39. The lowest BCUT2D eigenvalue weighted by Gasteiger charge is -2.15. The summed E-state index contributed by atoms with van der Waals surface area (Å²) in [5.41, 5.74) is 7.42. The van der Waals surface area contributed by atoms with Crippen molar-refractivity contribution < 1.29 is 4.79 Å². The average molecular weight is 264 g/mol. The van der Waals surface area contributed by atoms with E-state index in [0.717, 1.165) is 12.1 Å². The van der Waals surface area contributed by atoms with Crippen molar-refractivity contribution in [1.82, 2.24) is 5.32 Å². The van der Waals surface area contributed by atoms with Crippen molar-refractivity contribution in [3.63, 3.8) is 0 Å². The van der Waals surface area contributed by atoms with E-state index in [1.807, 2.05) is 43.0 Å². The van der Waals surface area contributed by atoms with Gasteiger partial charge >= 0.3 is 0 Å². The average Bonchev–Trinajstić information content (AvgIpc) is 2.88. The fourth-order valence-electron chi connectivity index (χ4n) is 2.12. The standard InChI is InChI=1S/C14H20N2OS/c1-10(12-3-2-4-13(15)7-12)14(17)16-8-11-5-6-18-9-11/h2-4,7,10-11H,5-6,8-9,15H2,1H3,(H,16,17). The molecule has 1 heterocycles. The molecule has 2 unspecified atom stereocenters. The highest BCUT2D eigenvalue weighted by Gasteiger charge is 2.19. The number of amides is 1. The second kappa shape index (κ2) is 6.14. The zero-order chi connectivity index (χ0) is 13.0. The Balaban J connectivity index is 1.87. The Bertz CT molecular complexity index is 416. The minimum atomic E-state index is -0.137. The Kier molecular flexibility index (Phi) is 4.53. The number of thioether (sulfide) groups is 1. The number of hydrogen-bond acceptors (Lipinski definition) is 3. The molecule has 2 atom stereocenters. The Morgan fingerprint density at radius 1 is 1.61 bits per heavy atom. The first kappa shape index (κ1) is 13.3. The topological polar surface area (TPSA) is 55.1 Å². The first-order valence-electron chi connectivity index (χ1n) is 6.37. The van der Waals surface area contributed by atoms with Crippen LogP contribution in [0.15, 0.2) is 24.3 Å². The molecule has 1 aliphatic heterocycles. The predicted molar refractivity (Wildman–Crippen MR) is 77.7 cm³/mol. The molecule has 0 bridgehead atoms. The van der Waals surface area contributed by atoms with E-state index in [0.29, 0.717) is 11.6 Å². The monoisotopic (exact) mass is 264 g/mol. The van der Waals surface area contributed by atoms with E-state index in [-0.39, 0.29) is 11.8 Å². The lowest BCUT2D eigenvalue weighted by molar-refractivity contribution is -0.122. The maximum absolute atomic E-state index is 12.1. The summed E-state index contributed by atoms with van der Waals surface area (Å²) in [5, 5.41) is 3.05. The molecule has 1 fully saturated rings. The van der Waals surface area contributed by atoms with E-state index in [2.05, 4.69) is 5.32 Å². The molecule has 1 aromatic carbocycles. The van der Waals surface area contributed by atoms with Gasteiger partial charge in [0.25, 0.3) is 0 Å². The lowest BCUT2D eigenvalue weighted by atomic mass is 9.99. The summed E-state index contributed by atoms with van der Waals surface area (Å²) in [6, 6.07) is 7.55. The van der Waals surface area contributed by atoms with Gasteiger partial charge in [-0.25, -0.2) is 0 Å². The fraction of sp³-hybridized carbons (Fsp3) is 0.500. The highest BCUT2D eigenvalue weighted by molar-refractivity contribution is 7.99. The molecule has 98 valence electrons. The maximum Gasteiger partial charge on any atom is 0.227 e. The number of carbonyl (C=O) groups excluding carboxylic acids is 1. The van der Waals surface area contributed by atoms with Crippen LogP contribution in [0.1, 0.15) is 24.8 Å². The molecule has 0 aromatic heterocycles. The second-order valence-electron chi connectivity index (χ2n) is 4.87. The quantitative estimate of drug-likeness (QED) is 0.820. The highest BCUT2D eigenvalue weighted by atomic mass is 32.2. The van der Waals surface area contributed by atoms with Crippen LogP contribution in [-0.2, 0) is 4.79 Å². The summed E-state index contributed by atoms with van der Waals surface area (Å²) in [4.78, 5) is 12.1. The molecular formula is C14H20N2OS. The largest absolute Gasteiger partial charge is 0.399 e. The Hall–Kier alpha value is -1.16. The van der Waals surface area contributed by atoms with Crippen molar-refractivity contribution in [2.45, 2.75) is 19.3 Å². The van der Waals surface area contributed by atoms with Crippen LogP contribution in [0.3, 0.4) is 0 Å². The number of nitrogens with one attached hydrogen (secondary N) is 1. The van der Waals surface area contributed by atoms with Gasteiger partial charge in [-0.15, -0.1) is 0 Å². The van der Waals surface area contributed by atoms with Crippen LogP contribution >= 0.6 is 11.8 Å². The zero-order valence-corrected chi connectivity index (χ0v) is 11.5. The third-order valence-corrected chi connectivity index (χ3v) is 4.62. The molecular weight excluding hydrogens is 244 g/mol. The summed E-state index contributed by atoms with van der Waals surface area (Å²) in [5.74, 6) is 3.00. The molecule has 3 nitrogen and oxygen atoms in total. The molecule has 18 heavy (non-hydrogen) atoms. The van der Waals surface area contributed by atoms with Crippen LogP contribution in [0.2, 0.25) is 0 Å². The summed E-state index contributed by atoms with van der Waals surface area (Å²) >= 11 is 1.97. The van der Waals surface area contributed by atoms with Gasteiger partial charge in [-0.1, -0.05) is 12.1 Å². The second-order valence-corrected chi connectivity index (χ2v) is 6.02. The summed E-state index contributed by atoms with van der Waals surface area (Å²) in [7, 11) is 0. The van der Waals surface area contributed by atoms with Crippen LogP contribution in [0.4, 0.5) is 5.69 Å². The number of anilines is 1. The summed E-state index contributed by atoms with van der Waals surface area (Å²) < 4.78 is 0. The van der Waals surface area contributed by atoms with Crippen LogP contribution in [0, 0.1) is 5.92 Å². The molecule has 2 rings (SSSR count). The molecule has 3 N–H and O–H groups in total. The van der Waals surface area contributed by atoms with Crippen molar-refractivity contribution in [2.75, 3.05) is 23.8 Å². The van der Waals surface area contributed by atoms with Crippen molar-refractivity contribution in [3.8, 4) is 0 Å². The van der Waals surface area contributed by atoms with E-state index in [9.17, 15) is 4.79 Å². The lowest BCUT2D eigenvalue weighted by Crippen LogP contribution is -2.32. The SMILES string of the molecule is CC(C(=O)NCC1CCSC1)c1cccc(N)c1. The molecule has 0 aliphatic carbocycles. The Morgan fingerprint density at radius 3 is 3.11 bits per heavy atom. The van der Waals surface area contributed by atoms with Gasteiger partial charge < -0.3 is 11.1 Å². The highest BCUT2D eigenvalue weighted by Crippen LogP contribution is 2.23. The van der Waals surface area contributed by atoms with Gasteiger partial charge in [-0.3, -0.25) is 4.79 Å². The Labute approximate surface area is 113 Å². The van der Waals surface area contributed by atoms with E-state index in [4.69, 9.17) is 5.73 Å². The van der Waals surface area contributed by atoms with Gasteiger partial charge in [0.05, 0.1) is 5.92 Å².